The Morgan fingerprint density at radius 1 is 1.33 bits per heavy atom. The fraction of sp³-hybridized carbons (Fsp3) is 0.235. The number of imidazole rings is 1. The minimum Gasteiger partial charge on any atom is -0.324 e. The molecule has 0 saturated carbocycles. The van der Waals surface area contributed by atoms with Crippen LogP contribution in [0.5, 0.6) is 0 Å². The number of nitrogens with one attached hydrogen (secondary N) is 1. The summed E-state index contributed by atoms with van der Waals surface area (Å²) in [6.45, 7) is 5.16. The highest BCUT2D eigenvalue weighted by atomic mass is 32.1. The van der Waals surface area contributed by atoms with E-state index in [9.17, 15) is 9.18 Å². The largest absolute Gasteiger partial charge is 0.334 e. The summed E-state index contributed by atoms with van der Waals surface area (Å²) < 4.78 is 23.9. The molecule has 1 aromatic carbocycles. The van der Waals surface area contributed by atoms with Gasteiger partial charge in [-0.15, -0.1) is 0 Å². The van der Waals surface area contributed by atoms with Crippen LogP contribution in [0.4, 0.5) is 16.0 Å². The van der Waals surface area contributed by atoms with Crippen molar-refractivity contribution in [1.29, 1.82) is 0 Å². The van der Waals surface area contributed by atoms with Crippen LogP contribution in [-0.4, -0.2) is 34.5 Å². The zero-order chi connectivity index (χ0) is 19.1. The van der Waals surface area contributed by atoms with E-state index in [0.717, 1.165) is 34.0 Å². The topological polar surface area (TPSA) is 90.5 Å². The third kappa shape index (κ3) is 2.87. The first-order valence-corrected chi connectivity index (χ1v) is 8.91. The number of rotatable bonds is 5. The first kappa shape index (κ1) is 17.3. The van der Waals surface area contributed by atoms with Crippen LogP contribution in [0.25, 0.3) is 27.9 Å². The van der Waals surface area contributed by atoms with Crippen molar-refractivity contribution in [2.45, 2.75) is 13.3 Å². The maximum atomic E-state index is 12.7. The van der Waals surface area contributed by atoms with Gasteiger partial charge < -0.3 is 5.32 Å². The standard InChI is InChI=1S/C17H16FN7OS/c1-9-6-12-13(23-27-22-12)7-11(9)20-16-19-8-14-15(21-16)25(10(2)4-5-18)17(26)24(14)3/h6-8H,2,4-5H2,1,3H3,(H,19,20,21). The highest BCUT2D eigenvalue weighted by molar-refractivity contribution is 7.00. The van der Waals surface area contributed by atoms with Crippen molar-refractivity contribution in [3.05, 3.63) is 41.0 Å². The van der Waals surface area contributed by atoms with E-state index in [-0.39, 0.29) is 12.1 Å². The Hall–Kier alpha value is -3.14. The van der Waals surface area contributed by atoms with Gasteiger partial charge in [-0.3, -0.25) is 8.96 Å². The summed E-state index contributed by atoms with van der Waals surface area (Å²) in [5.41, 5.74) is 4.31. The molecule has 8 nitrogen and oxygen atoms in total. The molecule has 3 heterocycles. The SMILES string of the molecule is C=C(CCF)n1c(=O)n(C)c2cnc(Nc3cc4nsnc4cc3C)nc21. The average molecular weight is 385 g/mol. The van der Waals surface area contributed by atoms with Crippen molar-refractivity contribution in [3.8, 4) is 0 Å². The van der Waals surface area contributed by atoms with Crippen LogP contribution in [0.2, 0.25) is 0 Å². The lowest BCUT2D eigenvalue weighted by Crippen LogP contribution is -2.21. The van der Waals surface area contributed by atoms with Gasteiger partial charge in [0.05, 0.1) is 24.6 Å². The van der Waals surface area contributed by atoms with E-state index < -0.39 is 6.67 Å². The predicted molar refractivity (Wildman–Crippen MR) is 104 cm³/mol. The molecule has 138 valence electrons. The van der Waals surface area contributed by atoms with E-state index >= 15 is 0 Å². The lowest BCUT2D eigenvalue weighted by molar-refractivity contribution is 0.500. The number of hydrogen-bond donors (Lipinski definition) is 1. The molecule has 0 aliphatic heterocycles. The predicted octanol–water partition coefficient (Wildman–Crippen LogP) is 3.02. The van der Waals surface area contributed by atoms with Gasteiger partial charge >= 0.3 is 5.69 Å². The summed E-state index contributed by atoms with van der Waals surface area (Å²) in [6.07, 6.45) is 1.61. The summed E-state index contributed by atoms with van der Waals surface area (Å²) in [5.74, 6) is 0.320. The molecule has 0 spiro atoms. The zero-order valence-electron chi connectivity index (χ0n) is 14.7. The molecule has 0 saturated heterocycles. The molecule has 1 N–H and O–H groups in total. The highest BCUT2D eigenvalue weighted by Crippen LogP contribution is 2.25. The Morgan fingerprint density at radius 2 is 2.07 bits per heavy atom. The van der Waals surface area contributed by atoms with Gasteiger partial charge in [0, 0.05) is 24.9 Å². The smallest absolute Gasteiger partial charge is 0.324 e. The molecule has 10 heteroatoms. The molecule has 0 aliphatic rings. The summed E-state index contributed by atoms with van der Waals surface area (Å²) in [6, 6.07) is 3.81. The Bertz CT molecular complexity index is 1240. The van der Waals surface area contributed by atoms with Crippen molar-refractivity contribution >= 4 is 51.3 Å². The number of anilines is 2. The molecular formula is C17H16FN7OS. The van der Waals surface area contributed by atoms with Gasteiger partial charge in [0.1, 0.15) is 16.6 Å². The Labute approximate surface area is 157 Å². The molecular weight excluding hydrogens is 369 g/mol. The number of nitrogens with zero attached hydrogens (tertiary/aromatic N) is 6. The molecule has 0 unspecified atom stereocenters. The molecule has 27 heavy (non-hydrogen) atoms. The Kier molecular flexibility index (Phi) is 4.19. The molecule has 0 bridgehead atoms. The number of fused-ring (bicyclic) bond motifs is 2. The fourth-order valence-electron chi connectivity index (χ4n) is 2.87. The van der Waals surface area contributed by atoms with E-state index in [2.05, 4.69) is 30.6 Å². The molecule has 4 aromatic rings. The molecule has 0 aliphatic carbocycles. The average Bonchev–Trinajstić information content (AvgIpc) is 3.18. The number of allylic oxidation sites excluding steroid dienone is 1. The highest BCUT2D eigenvalue weighted by Gasteiger charge is 2.16. The molecule has 0 fully saturated rings. The van der Waals surface area contributed by atoms with Crippen LogP contribution >= 0.6 is 11.7 Å². The van der Waals surface area contributed by atoms with E-state index in [4.69, 9.17) is 0 Å². The maximum Gasteiger partial charge on any atom is 0.334 e. The van der Waals surface area contributed by atoms with Gasteiger partial charge in [0.2, 0.25) is 5.95 Å². The third-order valence-corrected chi connectivity index (χ3v) is 4.90. The number of alkyl halides is 1. The van der Waals surface area contributed by atoms with E-state index in [1.807, 2.05) is 19.1 Å². The van der Waals surface area contributed by atoms with Gasteiger partial charge in [0.15, 0.2) is 5.65 Å². The summed E-state index contributed by atoms with van der Waals surface area (Å²) in [5, 5.41) is 3.16. The monoisotopic (exact) mass is 385 g/mol. The lowest BCUT2D eigenvalue weighted by Gasteiger charge is -2.09. The summed E-state index contributed by atoms with van der Waals surface area (Å²) in [7, 11) is 1.62. The van der Waals surface area contributed by atoms with Crippen LogP contribution < -0.4 is 11.0 Å². The number of hydrogen-bond acceptors (Lipinski definition) is 7. The molecule has 0 radical (unpaired) electrons. The van der Waals surface area contributed by atoms with Crippen molar-refractivity contribution in [3.63, 3.8) is 0 Å². The van der Waals surface area contributed by atoms with Crippen molar-refractivity contribution in [2.75, 3.05) is 12.0 Å². The summed E-state index contributed by atoms with van der Waals surface area (Å²) >= 11 is 1.15. The van der Waals surface area contributed by atoms with E-state index in [0.29, 0.717) is 22.8 Å². The zero-order valence-corrected chi connectivity index (χ0v) is 15.5. The van der Waals surface area contributed by atoms with Gasteiger partial charge in [-0.25, -0.2) is 14.3 Å². The van der Waals surface area contributed by atoms with Gasteiger partial charge in [-0.2, -0.15) is 13.7 Å². The quantitative estimate of drug-likeness (QED) is 0.568. The first-order chi connectivity index (χ1) is 13.0. The van der Waals surface area contributed by atoms with Crippen LogP contribution in [-0.2, 0) is 7.05 Å². The number of benzene rings is 1. The fourth-order valence-corrected chi connectivity index (χ4v) is 3.38. The van der Waals surface area contributed by atoms with Gasteiger partial charge in [-0.1, -0.05) is 6.58 Å². The van der Waals surface area contributed by atoms with Crippen LogP contribution in [0.3, 0.4) is 0 Å². The van der Waals surface area contributed by atoms with Crippen molar-refractivity contribution < 1.29 is 4.39 Å². The minimum atomic E-state index is -0.598. The van der Waals surface area contributed by atoms with E-state index in [1.165, 1.54) is 9.13 Å². The number of aromatic nitrogens is 6. The number of aryl methyl sites for hydroxylation is 2. The second kappa shape index (κ2) is 6.54. The second-order valence-corrected chi connectivity index (χ2v) is 6.66. The minimum absolute atomic E-state index is 0.0540. The second-order valence-electron chi connectivity index (χ2n) is 6.13. The molecule has 0 atom stereocenters. The molecule has 3 aromatic heterocycles. The normalized spacial score (nSPS) is 11.4. The van der Waals surface area contributed by atoms with Crippen molar-refractivity contribution in [1.82, 2.24) is 27.8 Å². The van der Waals surface area contributed by atoms with Gasteiger partial charge in [0.25, 0.3) is 0 Å². The first-order valence-electron chi connectivity index (χ1n) is 8.18. The van der Waals surface area contributed by atoms with Gasteiger partial charge in [-0.05, 0) is 24.6 Å². The van der Waals surface area contributed by atoms with Crippen molar-refractivity contribution in [2.24, 2.45) is 7.05 Å². The van der Waals surface area contributed by atoms with Crippen LogP contribution in [0, 0.1) is 6.92 Å². The summed E-state index contributed by atoms with van der Waals surface area (Å²) in [4.78, 5) is 21.3. The molecule has 0 amide bonds. The number of halogens is 1. The van der Waals surface area contributed by atoms with Crippen LogP contribution in [0.1, 0.15) is 12.0 Å². The Balaban J connectivity index is 1.80. The molecule has 4 rings (SSSR count). The van der Waals surface area contributed by atoms with Crippen LogP contribution in [0.15, 0.2) is 29.7 Å². The van der Waals surface area contributed by atoms with E-state index in [1.54, 1.807) is 13.2 Å². The lowest BCUT2D eigenvalue weighted by atomic mass is 10.2. The maximum absolute atomic E-state index is 12.7. The Morgan fingerprint density at radius 3 is 2.81 bits per heavy atom. The third-order valence-electron chi connectivity index (χ3n) is 4.35.